The minimum Gasteiger partial charge on any atom is -0.481 e. The number of aliphatic carboxylic acids is 1. The van der Waals surface area contributed by atoms with Crippen LogP contribution in [0.4, 0.5) is 13.2 Å². The fourth-order valence-corrected chi connectivity index (χ4v) is 1.28. The van der Waals surface area contributed by atoms with Gasteiger partial charge >= 0.3 is 12.1 Å². The fourth-order valence-electron chi connectivity index (χ4n) is 1.28. The number of hydrogen-bond acceptors (Lipinski definition) is 3. The maximum atomic E-state index is 12.3. The molecule has 3 N–H and O–H groups in total. The van der Waals surface area contributed by atoms with Gasteiger partial charge in [0.15, 0.2) is 5.92 Å². The number of halogens is 3. The third kappa shape index (κ3) is 4.52. The highest BCUT2D eigenvalue weighted by molar-refractivity contribution is 5.82. The van der Waals surface area contributed by atoms with Gasteiger partial charge in [0.25, 0.3) is 0 Å². The van der Waals surface area contributed by atoms with E-state index in [1.54, 1.807) is 0 Å². The molecule has 18 heavy (non-hydrogen) atoms. The van der Waals surface area contributed by atoms with E-state index in [-0.39, 0.29) is 6.04 Å². The standard InChI is InChI=1S/C10H15F3N2O3/c1-5(8(16)15-6-2-3-6)14-4-7(9(17)18)10(11,12)13/h5-7,14H,2-4H2,1H3,(H,15,16)(H,17,18). The summed E-state index contributed by atoms with van der Waals surface area (Å²) in [5.41, 5.74) is 0. The van der Waals surface area contributed by atoms with Gasteiger partial charge in [0, 0.05) is 12.6 Å². The predicted octanol–water partition coefficient (Wildman–Crippen LogP) is 0.506. The minimum absolute atomic E-state index is 0.111. The average molecular weight is 268 g/mol. The van der Waals surface area contributed by atoms with Gasteiger partial charge in [-0.1, -0.05) is 0 Å². The lowest BCUT2D eigenvalue weighted by atomic mass is 10.1. The zero-order valence-electron chi connectivity index (χ0n) is 9.75. The first-order chi connectivity index (χ1) is 8.21. The monoisotopic (exact) mass is 268 g/mol. The van der Waals surface area contributed by atoms with Crippen LogP contribution in [-0.2, 0) is 9.59 Å². The molecule has 2 atom stereocenters. The minimum atomic E-state index is -4.83. The Bertz CT molecular complexity index is 329. The number of carboxylic acid groups (broad SMARTS) is 1. The van der Waals surface area contributed by atoms with Gasteiger partial charge in [-0.2, -0.15) is 13.2 Å². The Labute approximate surface area is 102 Å². The van der Waals surface area contributed by atoms with E-state index in [1.165, 1.54) is 6.92 Å². The molecule has 2 unspecified atom stereocenters. The summed E-state index contributed by atoms with van der Waals surface area (Å²) in [6.45, 7) is 0.574. The Morgan fingerprint density at radius 2 is 1.94 bits per heavy atom. The Hall–Kier alpha value is -1.31. The smallest absolute Gasteiger partial charge is 0.403 e. The third-order valence-corrected chi connectivity index (χ3v) is 2.64. The van der Waals surface area contributed by atoms with Crippen LogP contribution < -0.4 is 10.6 Å². The normalized spacial score (nSPS) is 19.1. The van der Waals surface area contributed by atoms with Gasteiger partial charge in [-0.25, -0.2) is 0 Å². The second-order valence-electron chi connectivity index (χ2n) is 4.35. The van der Waals surface area contributed by atoms with Crippen LogP contribution in [0.25, 0.3) is 0 Å². The molecule has 1 fully saturated rings. The summed E-state index contributed by atoms with van der Waals surface area (Å²) in [7, 11) is 0. The van der Waals surface area contributed by atoms with Crippen molar-refractivity contribution in [2.45, 2.75) is 38.0 Å². The van der Waals surface area contributed by atoms with E-state index >= 15 is 0 Å². The van der Waals surface area contributed by atoms with Crippen LogP contribution in [-0.4, -0.2) is 41.8 Å². The van der Waals surface area contributed by atoms with Crippen LogP contribution in [0.2, 0.25) is 0 Å². The highest BCUT2D eigenvalue weighted by Crippen LogP contribution is 2.26. The van der Waals surface area contributed by atoms with Crippen molar-refractivity contribution < 1.29 is 27.9 Å². The van der Waals surface area contributed by atoms with Gasteiger partial charge in [0.05, 0.1) is 6.04 Å². The molecule has 104 valence electrons. The van der Waals surface area contributed by atoms with Gasteiger partial charge < -0.3 is 15.7 Å². The van der Waals surface area contributed by atoms with Crippen LogP contribution >= 0.6 is 0 Å². The molecule has 1 rings (SSSR count). The lowest BCUT2D eigenvalue weighted by molar-refractivity contribution is -0.192. The Kier molecular flexibility index (Phi) is 4.55. The van der Waals surface area contributed by atoms with Crippen LogP contribution in [0.5, 0.6) is 0 Å². The lowest BCUT2D eigenvalue weighted by Gasteiger charge is -2.19. The fraction of sp³-hybridized carbons (Fsp3) is 0.800. The Morgan fingerprint density at radius 1 is 1.39 bits per heavy atom. The summed E-state index contributed by atoms with van der Waals surface area (Å²) < 4.78 is 37.0. The predicted molar refractivity (Wildman–Crippen MR) is 55.8 cm³/mol. The summed E-state index contributed by atoms with van der Waals surface area (Å²) in [6, 6.07) is -0.741. The zero-order chi connectivity index (χ0) is 13.9. The van der Waals surface area contributed by atoms with E-state index in [0.717, 1.165) is 12.8 Å². The first kappa shape index (κ1) is 14.7. The van der Waals surface area contributed by atoms with Crippen molar-refractivity contribution in [3.05, 3.63) is 0 Å². The quantitative estimate of drug-likeness (QED) is 0.655. The van der Waals surface area contributed by atoms with Crippen LogP contribution in [0.1, 0.15) is 19.8 Å². The molecule has 1 saturated carbocycles. The molecular weight excluding hydrogens is 253 g/mol. The van der Waals surface area contributed by atoms with Crippen molar-refractivity contribution in [2.75, 3.05) is 6.54 Å². The largest absolute Gasteiger partial charge is 0.481 e. The van der Waals surface area contributed by atoms with Crippen molar-refractivity contribution in [1.29, 1.82) is 0 Å². The molecule has 0 radical (unpaired) electrons. The summed E-state index contributed by atoms with van der Waals surface area (Å²) in [5, 5.41) is 13.4. The number of nitrogens with one attached hydrogen (secondary N) is 2. The molecule has 0 heterocycles. The first-order valence-electron chi connectivity index (χ1n) is 5.55. The van der Waals surface area contributed by atoms with Crippen molar-refractivity contribution in [1.82, 2.24) is 10.6 Å². The van der Waals surface area contributed by atoms with Gasteiger partial charge in [-0.3, -0.25) is 9.59 Å². The van der Waals surface area contributed by atoms with E-state index in [2.05, 4.69) is 10.6 Å². The molecule has 0 aromatic heterocycles. The van der Waals surface area contributed by atoms with Gasteiger partial charge in [-0.05, 0) is 19.8 Å². The Morgan fingerprint density at radius 3 is 2.33 bits per heavy atom. The van der Waals surface area contributed by atoms with Crippen LogP contribution in [0.3, 0.4) is 0 Å². The number of carbonyl (C=O) groups excluding carboxylic acids is 1. The van der Waals surface area contributed by atoms with Crippen molar-refractivity contribution >= 4 is 11.9 Å². The average Bonchev–Trinajstić information content (AvgIpc) is 2.98. The molecule has 0 aromatic carbocycles. The molecule has 1 amide bonds. The molecule has 0 aromatic rings. The number of alkyl halides is 3. The molecule has 1 aliphatic rings. The van der Waals surface area contributed by atoms with E-state index in [4.69, 9.17) is 5.11 Å². The van der Waals surface area contributed by atoms with E-state index in [1.807, 2.05) is 0 Å². The van der Waals surface area contributed by atoms with E-state index < -0.39 is 36.6 Å². The second kappa shape index (κ2) is 5.55. The summed E-state index contributed by atoms with van der Waals surface area (Å²) in [4.78, 5) is 21.9. The van der Waals surface area contributed by atoms with Crippen LogP contribution in [0.15, 0.2) is 0 Å². The summed E-state index contributed by atoms with van der Waals surface area (Å²) >= 11 is 0. The maximum absolute atomic E-state index is 12.3. The van der Waals surface area contributed by atoms with Crippen molar-refractivity contribution in [3.8, 4) is 0 Å². The molecule has 8 heteroatoms. The number of carboxylic acids is 1. The topological polar surface area (TPSA) is 78.4 Å². The summed E-state index contributed by atoms with van der Waals surface area (Å²) in [5.74, 6) is -4.87. The summed E-state index contributed by atoms with van der Waals surface area (Å²) in [6.07, 6.45) is -3.08. The molecule has 0 bridgehead atoms. The van der Waals surface area contributed by atoms with Gasteiger partial charge in [0.1, 0.15) is 0 Å². The zero-order valence-corrected chi connectivity index (χ0v) is 9.75. The van der Waals surface area contributed by atoms with Gasteiger partial charge in [-0.15, -0.1) is 0 Å². The van der Waals surface area contributed by atoms with Crippen LogP contribution in [0, 0.1) is 5.92 Å². The maximum Gasteiger partial charge on any atom is 0.403 e. The molecule has 0 saturated heterocycles. The first-order valence-corrected chi connectivity index (χ1v) is 5.55. The SMILES string of the molecule is CC(NCC(C(=O)O)C(F)(F)F)C(=O)NC1CC1. The second-order valence-corrected chi connectivity index (χ2v) is 4.35. The number of rotatable bonds is 6. The third-order valence-electron chi connectivity index (χ3n) is 2.64. The van der Waals surface area contributed by atoms with E-state index in [0.29, 0.717) is 0 Å². The number of amides is 1. The number of hydrogen-bond donors (Lipinski definition) is 3. The van der Waals surface area contributed by atoms with Gasteiger partial charge in [0.2, 0.25) is 5.91 Å². The molecular formula is C10H15F3N2O3. The molecule has 0 aliphatic heterocycles. The highest BCUT2D eigenvalue weighted by Gasteiger charge is 2.45. The van der Waals surface area contributed by atoms with E-state index in [9.17, 15) is 22.8 Å². The van der Waals surface area contributed by atoms with Crippen molar-refractivity contribution in [3.63, 3.8) is 0 Å². The molecule has 5 nitrogen and oxygen atoms in total. The lowest BCUT2D eigenvalue weighted by Crippen LogP contribution is -2.48. The molecule has 1 aliphatic carbocycles. The Balaban J connectivity index is 2.41. The number of carbonyl (C=O) groups is 2. The highest BCUT2D eigenvalue weighted by atomic mass is 19.4. The molecule has 0 spiro atoms. The van der Waals surface area contributed by atoms with Crippen molar-refractivity contribution in [2.24, 2.45) is 5.92 Å².